The molecule has 1 aromatic heterocycles. The lowest BCUT2D eigenvalue weighted by Gasteiger charge is -2.33. The quantitative estimate of drug-likeness (QED) is 0.856. The topological polar surface area (TPSA) is 69.3 Å². The number of pyridine rings is 1. The highest BCUT2D eigenvalue weighted by atomic mass is 35.5. The van der Waals surface area contributed by atoms with Crippen molar-refractivity contribution in [3.05, 3.63) is 22.8 Å². The van der Waals surface area contributed by atoms with E-state index in [0.717, 1.165) is 25.9 Å². The van der Waals surface area contributed by atoms with Crippen LogP contribution in [-0.2, 0) is 9.73 Å². The van der Waals surface area contributed by atoms with E-state index in [1.54, 1.807) is 24.8 Å². The molecule has 0 saturated carbocycles. The standard InChI is InChI=1S/C14H19ClN4OS/c1-21(2,20)18-9-11-4-3-5-19(10-11)14-13(15)6-12(7-16)8-17-14/h6,8,11H,3-5,9-10H2,1-2H3. The van der Waals surface area contributed by atoms with Gasteiger partial charge in [0.2, 0.25) is 0 Å². The Morgan fingerprint density at radius 2 is 2.38 bits per heavy atom. The first kappa shape index (κ1) is 16.1. The summed E-state index contributed by atoms with van der Waals surface area (Å²) in [5.41, 5.74) is 0.462. The van der Waals surface area contributed by atoms with Crippen molar-refractivity contribution in [2.75, 3.05) is 37.0 Å². The lowest BCUT2D eigenvalue weighted by Crippen LogP contribution is -2.37. The summed E-state index contributed by atoms with van der Waals surface area (Å²) >= 11 is 6.21. The van der Waals surface area contributed by atoms with Gasteiger partial charge in [-0.2, -0.15) is 5.26 Å². The molecule has 1 atom stereocenters. The van der Waals surface area contributed by atoms with Crippen molar-refractivity contribution in [1.82, 2.24) is 4.98 Å². The zero-order valence-electron chi connectivity index (χ0n) is 12.3. The van der Waals surface area contributed by atoms with Crippen LogP contribution in [-0.4, -0.2) is 41.3 Å². The number of nitriles is 1. The monoisotopic (exact) mass is 326 g/mol. The molecule has 0 N–H and O–H groups in total. The summed E-state index contributed by atoms with van der Waals surface area (Å²) in [7, 11) is -2.04. The second kappa shape index (κ2) is 6.63. The summed E-state index contributed by atoms with van der Waals surface area (Å²) in [4.78, 5) is 6.43. The number of hydrogen-bond acceptors (Lipinski definition) is 5. The number of rotatable bonds is 3. The molecule has 114 valence electrons. The van der Waals surface area contributed by atoms with E-state index in [0.29, 0.717) is 28.9 Å². The van der Waals surface area contributed by atoms with Crippen LogP contribution < -0.4 is 4.90 Å². The summed E-state index contributed by atoms with van der Waals surface area (Å²) < 4.78 is 15.9. The molecule has 1 fully saturated rings. The third-order valence-corrected chi connectivity index (χ3v) is 4.46. The number of anilines is 1. The fourth-order valence-corrected chi connectivity index (χ4v) is 3.27. The predicted molar refractivity (Wildman–Crippen MR) is 86.2 cm³/mol. The van der Waals surface area contributed by atoms with Gasteiger partial charge in [0.05, 0.1) is 17.1 Å². The average Bonchev–Trinajstić information content (AvgIpc) is 2.44. The molecule has 0 amide bonds. The molecule has 0 bridgehead atoms. The Morgan fingerprint density at radius 3 is 3.00 bits per heavy atom. The molecule has 7 heteroatoms. The molecule has 21 heavy (non-hydrogen) atoms. The van der Waals surface area contributed by atoms with Crippen molar-refractivity contribution in [2.45, 2.75) is 12.8 Å². The number of nitrogens with zero attached hydrogens (tertiary/aromatic N) is 4. The minimum atomic E-state index is -2.04. The zero-order valence-corrected chi connectivity index (χ0v) is 13.8. The molecule has 2 heterocycles. The fourth-order valence-electron chi connectivity index (χ4n) is 2.42. The molecule has 1 aliphatic rings. The molecule has 1 unspecified atom stereocenters. The number of piperidine rings is 1. The molecule has 1 saturated heterocycles. The Hall–Kier alpha value is -1.32. The lowest BCUT2D eigenvalue weighted by molar-refractivity contribution is 0.423. The third-order valence-electron chi connectivity index (χ3n) is 3.41. The van der Waals surface area contributed by atoms with Crippen molar-refractivity contribution >= 4 is 27.1 Å². The van der Waals surface area contributed by atoms with Crippen LogP contribution in [0.5, 0.6) is 0 Å². The summed E-state index contributed by atoms with van der Waals surface area (Å²) in [6, 6.07) is 3.67. The average molecular weight is 327 g/mol. The molecule has 0 radical (unpaired) electrons. The third kappa shape index (κ3) is 4.58. The van der Waals surface area contributed by atoms with Crippen molar-refractivity contribution in [3.8, 4) is 6.07 Å². The molecular weight excluding hydrogens is 308 g/mol. The minimum Gasteiger partial charge on any atom is -0.355 e. The van der Waals surface area contributed by atoms with Crippen LogP contribution in [0.2, 0.25) is 5.02 Å². The Balaban J connectivity index is 2.11. The second-order valence-electron chi connectivity index (χ2n) is 5.59. The molecule has 0 aromatic carbocycles. The van der Waals surface area contributed by atoms with Crippen LogP contribution in [0.4, 0.5) is 5.82 Å². The smallest absolute Gasteiger partial charge is 0.147 e. The van der Waals surface area contributed by atoms with Gasteiger partial charge in [0.25, 0.3) is 0 Å². The number of aromatic nitrogens is 1. The summed E-state index contributed by atoms with van der Waals surface area (Å²) in [5, 5.41) is 9.35. The van der Waals surface area contributed by atoms with Crippen LogP contribution >= 0.6 is 11.6 Å². The lowest BCUT2D eigenvalue weighted by atomic mass is 9.98. The van der Waals surface area contributed by atoms with Crippen LogP contribution in [0.15, 0.2) is 16.6 Å². The highest BCUT2D eigenvalue weighted by Crippen LogP contribution is 2.28. The van der Waals surface area contributed by atoms with Gasteiger partial charge in [0.1, 0.15) is 11.9 Å². The zero-order chi connectivity index (χ0) is 15.5. The maximum atomic E-state index is 11.7. The van der Waals surface area contributed by atoms with Crippen molar-refractivity contribution in [2.24, 2.45) is 10.3 Å². The maximum absolute atomic E-state index is 11.7. The van der Waals surface area contributed by atoms with Crippen LogP contribution in [0.1, 0.15) is 18.4 Å². The van der Waals surface area contributed by atoms with Gasteiger partial charge in [0, 0.05) is 41.5 Å². The first-order chi connectivity index (χ1) is 9.89. The van der Waals surface area contributed by atoms with E-state index < -0.39 is 9.73 Å². The van der Waals surface area contributed by atoms with Gasteiger partial charge in [-0.3, -0.25) is 4.21 Å². The first-order valence-electron chi connectivity index (χ1n) is 6.82. The minimum absolute atomic E-state index is 0.369. The van der Waals surface area contributed by atoms with Gasteiger partial charge in [-0.25, -0.2) is 9.35 Å². The summed E-state index contributed by atoms with van der Waals surface area (Å²) in [6.45, 7) is 2.30. The van der Waals surface area contributed by atoms with Crippen molar-refractivity contribution < 1.29 is 4.21 Å². The first-order valence-corrected chi connectivity index (χ1v) is 9.53. The van der Waals surface area contributed by atoms with Gasteiger partial charge in [-0.1, -0.05) is 11.6 Å². The van der Waals surface area contributed by atoms with Gasteiger partial charge in [-0.05, 0) is 24.8 Å². The fraction of sp³-hybridized carbons (Fsp3) is 0.571. The van der Waals surface area contributed by atoms with Crippen LogP contribution in [0.3, 0.4) is 0 Å². The SMILES string of the molecule is CS(C)(=O)=NCC1CCCN(c2ncc(C#N)cc2Cl)C1. The highest BCUT2D eigenvalue weighted by Gasteiger charge is 2.22. The Kier molecular flexibility index (Phi) is 5.07. The van der Waals surface area contributed by atoms with E-state index in [9.17, 15) is 4.21 Å². The highest BCUT2D eigenvalue weighted by molar-refractivity contribution is 7.92. The predicted octanol–water partition coefficient (Wildman–Crippen LogP) is 2.55. The Morgan fingerprint density at radius 1 is 1.62 bits per heavy atom. The summed E-state index contributed by atoms with van der Waals surface area (Å²) in [5.74, 6) is 1.09. The second-order valence-corrected chi connectivity index (χ2v) is 8.62. The number of halogens is 1. The molecular formula is C14H19ClN4OS. The normalized spacial score (nSPS) is 19.1. The molecule has 5 nitrogen and oxygen atoms in total. The largest absolute Gasteiger partial charge is 0.355 e. The van der Waals surface area contributed by atoms with E-state index in [1.165, 1.54) is 0 Å². The van der Waals surface area contributed by atoms with Crippen molar-refractivity contribution in [3.63, 3.8) is 0 Å². The van der Waals surface area contributed by atoms with Gasteiger partial charge < -0.3 is 4.90 Å². The van der Waals surface area contributed by atoms with E-state index in [1.807, 2.05) is 6.07 Å². The maximum Gasteiger partial charge on any atom is 0.147 e. The molecule has 2 rings (SSSR count). The van der Waals surface area contributed by atoms with Crippen LogP contribution in [0, 0.1) is 17.2 Å². The van der Waals surface area contributed by atoms with E-state index in [4.69, 9.17) is 16.9 Å². The number of hydrogen-bond donors (Lipinski definition) is 0. The molecule has 1 aromatic rings. The van der Waals surface area contributed by atoms with Crippen molar-refractivity contribution in [1.29, 1.82) is 5.26 Å². The van der Waals surface area contributed by atoms with E-state index >= 15 is 0 Å². The Bertz CT molecular complexity index is 668. The van der Waals surface area contributed by atoms with Crippen LogP contribution in [0.25, 0.3) is 0 Å². The van der Waals surface area contributed by atoms with Gasteiger partial charge in [-0.15, -0.1) is 0 Å². The molecule has 0 aliphatic carbocycles. The molecule has 1 aliphatic heterocycles. The summed E-state index contributed by atoms with van der Waals surface area (Å²) in [6.07, 6.45) is 6.97. The van der Waals surface area contributed by atoms with E-state index in [-0.39, 0.29) is 0 Å². The van der Waals surface area contributed by atoms with Gasteiger partial charge >= 0.3 is 0 Å². The molecule has 0 spiro atoms. The van der Waals surface area contributed by atoms with E-state index in [2.05, 4.69) is 14.2 Å². The van der Waals surface area contributed by atoms with Gasteiger partial charge in [0.15, 0.2) is 0 Å². The Labute approximate surface area is 131 Å².